The molecule has 1 rings (SSSR count). The van der Waals surface area contributed by atoms with Gasteiger partial charge in [0.25, 0.3) is 0 Å². The third kappa shape index (κ3) is 7.95. The first-order valence-electron chi connectivity index (χ1n) is 7.18. The van der Waals surface area contributed by atoms with Crippen LogP contribution in [-0.4, -0.2) is 23.5 Å². The predicted molar refractivity (Wildman–Crippen MR) is 85.2 cm³/mol. The van der Waals surface area contributed by atoms with Crippen molar-refractivity contribution in [1.29, 1.82) is 0 Å². The van der Waals surface area contributed by atoms with E-state index in [4.69, 9.17) is 4.74 Å². The fourth-order valence-corrected chi connectivity index (χ4v) is 2.72. The van der Waals surface area contributed by atoms with Gasteiger partial charge in [-0.05, 0) is 51.5 Å². The molecule has 0 aliphatic heterocycles. The first-order chi connectivity index (χ1) is 9.80. The summed E-state index contributed by atoms with van der Waals surface area (Å²) >= 11 is 1.60. The minimum Gasteiger partial charge on any atom is -0.444 e. The smallest absolute Gasteiger partial charge is 0.407 e. The third-order valence-corrected chi connectivity index (χ3v) is 3.80. The molecule has 0 unspecified atom stereocenters. The van der Waals surface area contributed by atoms with Crippen molar-refractivity contribution in [2.24, 2.45) is 0 Å². The van der Waals surface area contributed by atoms with Gasteiger partial charge in [-0.2, -0.15) is 0 Å². The molecule has 0 saturated heterocycles. The van der Waals surface area contributed by atoms with Crippen molar-refractivity contribution >= 4 is 17.9 Å². The molecular weight excluding hydrogens is 289 g/mol. The van der Waals surface area contributed by atoms with Crippen LogP contribution in [0.5, 0.6) is 0 Å². The number of ether oxygens (including phenoxy) is 1. The van der Waals surface area contributed by atoms with Crippen LogP contribution >= 0.6 is 11.8 Å². The lowest BCUT2D eigenvalue weighted by Gasteiger charge is -2.23. The van der Waals surface area contributed by atoms with Gasteiger partial charge >= 0.3 is 6.09 Å². The highest BCUT2D eigenvalue weighted by Gasteiger charge is 2.19. The van der Waals surface area contributed by atoms with Crippen LogP contribution in [0.2, 0.25) is 0 Å². The summed E-state index contributed by atoms with van der Waals surface area (Å²) in [7, 11) is 0. The Bertz CT molecular complexity index is 443. The van der Waals surface area contributed by atoms with Crippen molar-refractivity contribution in [2.45, 2.75) is 57.1 Å². The quantitative estimate of drug-likeness (QED) is 0.779. The first-order valence-corrected chi connectivity index (χ1v) is 8.16. The zero-order chi connectivity index (χ0) is 15.9. The lowest BCUT2D eigenvalue weighted by atomic mass is 10.2. The molecule has 5 heteroatoms. The Morgan fingerprint density at radius 1 is 1.33 bits per heavy atom. The second-order valence-corrected chi connectivity index (χ2v) is 6.99. The number of alkyl carbamates (subject to hydrolysis) is 1. The summed E-state index contributed by atoms with van der Waals surface area (Å²) in [6, 6.07) is 6.42. The van der Waals surface area contributed by atoms with E-state index in [2.05, 4.69) is 12.2 Å². The Kier molecular flexibility index (Phi) is 7.02. The Hall–Kier alpha value is -1.23. The molecule has 1 N–H and O–H groups in total. The van der Waals surface area contributed by atoms with Crippen LogP contribution in [-0.2, 0) is 4.74 Å². The van der Waals surface area contributed by atoms with E-state index < -0.39 is 5.60 Å². The fourth-order valence-electron chi connectivity index (χ4n) is 1.75. The molecule has 21 heavy (non-hydrogen) atoms. The largest absolute Gasteiger partial charge is 0.444 e. The van der Waals surface area contributed by atoms with E-state index in [0.29, 0.717) is 0 Å². The van der Waals surface area contributed by atoms with E-state index in [-0.39, 0.29) is 18.0 Å². The molecule has 0 spiro atoms. The van der Waals surface area contributed by atoms with E-state index in [1.54, 1.807) is 23.9 Å². The van der Waals surface area contributed by atoms with E-state index in [0.717, 1.165) is 23.5 Å². The number of nitrogens with one attached hydrogen (secondary N) is 1. The number of hydrogen-bond acceptors (Lipinski definition) is 3. The zero-order valence-electron chi connectivity index (χ0n) is 13.1. The van der Waals surface area contributed by atoms with Gasteiger partial charge in [-0.15, -0.1) is 11.8 Å². The van der Waals surface area contributed by atoms with Gasteiger partial charge in [0.05, 0.1) is 0 Å². The molecule has 1 amide bonds. The highest BCUT2D eigenvalue weighted by molar-refractivity contribution is 7.99. The number of carbonyl (C=O) groups excluding carboxylic acids is 1. The molecule has 0 aromatic heterocycles. The van der Waals surface area contributed by atoms with E-state index in [1.165, 1.54) is 12.1 Å². The number of amides is 1. The maximum Gasteiger partial charge on any atom is 0.407 e. The summed E-state index contributed by atoms with van der Waals surface area (Å²) in [5.74, 6) is 0.495. The molecular formula is C16H24FNO2S. The topological polar surface area (TPSA) is 38.3 Å². The average Bonchev–Trinajstić information content (AvgIpc) is 2.35. The van der Waals surface area contributed by atoms with E-state index in [1.807, 2.05) is 20.8 Å². The minimum atomic E-state index is -0.495. The lowest BCUT2D eigenvalue weighted by Crippen LogP contribution is -2.40. The lowest BCUT2D eigenvalue weighted by molar-refractivity contribution is 0.0507. The molecule has 0 aliphatic rings. The van der Waals surface area contributed by atoms with Gasteiger partial charge in [0, 0.05) is 16.7 Å². The molecule has 0 aliphatic carbocycles. The van der Waals surface area contributed by atoms with Crippen LogP contribution < -0.4 is 5.32 Å². The molecule has 1 atom stereocenters. The van der Waals surface area contributed by atoms with Crippen molar-refractivity contribution in [3.63, 3.8) is 0 Å². The van der Waals surface area contributed by atoms with Crippen LogP contribution in [0.15, 0.2) is 29.2 Å². The van der Waals surface area contributed by atoms with Crippen molar-refractivity contribution in [3.05, 3.63) is 30.1 Å². The summed E-state index contributed by atoms with van der Waals surface area (Å²) in [4.78, 5) is 12.8. The summed E-state index contributed by atoms with van der Waals surface area (Å²) in [5.41, 5.74) is -0.495. The Morgan fingerprint density at radius 3 is 2.48 bits per heavy atom. The second kappa shape index (κ2) is 8.27. The number of carbonyl (C=O) groups is 1. The monoisotopic (exact) mass is 313 g/mol. The predicted octanol–water partition coefficient (Wildman–Crippen LogP) is 4.61. The van der Waals surface area contributed by atoms with Gasteiger partial charge in [-0.1, -0.05) is 13.3 Å². The standard InChI is InChI=1S/C16H24FNO2S/c1-5-6-13(18-15(19)20-16(2,3)4)11-21-14-9-7-12(17)8-10-14/h7-10,13H,5-6,11H2,1-4H3,(H,18,19)/t13-/m1/s1. The van der Waals surface area contributed by atoms with Crippen LogP contribution in [0.1, 0.15) is 40.5 Å². The highest BCUT2D eigenvalue weighted by Crippen LogP contribution is 2.20. The van der Waals surface area contributed by atoms with Crippen LogP contribution in [0.3, 0.4) is 0 Å². The fraction of sp³-hybridized carbons (Fsp3) is 0.562. The van der Waals surface area contributed by atoms with Gasteiger partial charge in [0.2, 0.25) is 0 Å². The Labute approximate surface area is 130 Å². The van der Waals surface area contributed by atoms with Crippen molar-refractivity contribution in [1.82, 2.24) is 5.32 Å². The first kappa shape index (κ1) is 17.8. The summed E-state index contributed by atoms with van der Waals surface area (Å²) in [6.07, 6.45) is 1.47. The minimum absolute atomic E-state index is 0.0416. The summed E-state index contributed by atoms with van der Waals surface area (Å²) < 4.78 is 18.1. The molecule has 1 aromatic carbocycles. The molecule has 118 valence electrons. The van der Waals surface area contributed by atoms with Crippen molar-refractivity contribution in [2.75, 3.05) is 5.75 Å². The molecule has 0 saturated carbocycles. The second-order valence-electron chi connectivity index (χ2n) is 5.90. The van der Waals surface area contributed by atoms with Gasteiger partial charge in [0.1, 0.15) is 11.4 Å². The number of benzene rings is 1. The van der Waals surface area contributed by atoms with Gasteiger partial charge in [0.15, 0.2) is 0 Å². The van der Waals surface area contributed by atoms with Crippen LogP contribution in [0.4, 0.5) is 9.18 Å². The number of halogens is 1. The molecule has 1 aromatic rings. The zero-order valence-corrected chi connectivity index (χ0v) is 13.9. The summed E-state index contributed by atoms with van der Waals surface area (Å²) in [5, 5.41) is 2.90. The SMILES string of the molecule is CCC[C@H](CSc1ccc(F)cc1)NC(=O)OC(C)(C)C. The normalized spacial score (nSPS) is 12.8. The summed E-state index contributed by atoms with van der Waals surface area (Å²) in [6.45, 7) is 7.60. The maximum absolute atomic E-state index is 12.9. The molecule has 0 bridgehead atoms. The highest BCUT2D eigenvalue weighted by atomic mass is 32.2. The Balaban J connectivity index is 2.49. The van der Waals surface area contributed by atoms with Crippen molar-refractivity contribution in [3.8, 4) is 0 Å². The molecule has 0 heterocycles. The van der Waals surface area contributed by atoms with Gasteiger partial charge < -0.3 is 10.1 Å². The van der Waals surface area contributed by atoms with Crippen LogP contribution in [0, 0.1) is 5.82 Å². The number of hydrogen-bond donors (Lipinski definition) is 1. The average molecular weight is 313 g/mol. The Morgan fingerprint density at radius 2 is 1.95 bits per heavy atom. The van der Waals surface area contributed by atoms with E-state index >= 15 is 0 Å². The molecule has 0 fully saturated rings. The third-order valence-electron chi connectivity index (χ3n) is 2.62. The van der Waals surface area contributed by atoms with Gasteiger partial charge in [-0.3, -0.25) is 0 Å². The molecule has 3 nitrogen and oxygen atoms in total. The molecule has 0 radical (unpaired) electrons. The number of thioether (sulfide) groups is 1. The van der Waals surface area contributed by atoms with Crippen molar-refractivity contribution < 1.29 is 13.9 Å². The van der Waals surface area contributed by atoms with Crippen LogP contribution in [0.25, 0.3) is 0 Å². The number of rotatable bonds is 6. The van der Waals surface area contributed by atoms with Gasteiger partial charge in [-0.25, -0.2) is 9.18 Å². The van der Waals surface area contributed by atoms with E-state index in [9.17, 15) is 9.18 Å². The maximum atomic E-state index is 12.9.